The van der Waals surface area contributed by atoms with Gasteiger partial charge >= 0.3 is 5.97 Å². The quantitative estimate of drug-likeness (QED) is 0.710. The molecule has 1 amide bonds. The number of aryl methyl sites for hydroxylation is 1. The lowest BCUT2D eigenvalue weighted by Crippen LogP contribution is -2.15. The Bertz CT molecular complexity index is 998. The van der Waals surface area contributed by atoms with E-state index in [1.165, 1.54) is 40.9 Å². The second-order valence-electron chi connectivity index (χ2n) is 5.49. The molecule has 134 valence electrons. The summed E-state index contributed by atoms with van der Waals surface area (Å²) in [6, 6.07) is 4.05. The Labute approximate surface area is 151 Å². The monoisotopic (exact) mass is 377 g/mol. The van der Waals surface area contributed by atoms with E-state index in [1.807, 2.05) is 0 Å². The van der Waals surface area contributed by atoms with Crippen molar-refractivity contribution in [3.8, 4) is 0 Å². The highest BCUT2D eigenvalue weighted by molar-refractivity contribution is 6.31. The summed E-state index contributed by atoms with van der Waals surface area (Å²) >= 11 is 5.98. The first-order chi connectivity index (χ1) is 12.3. The molecule has 0 aliphatic heterocycles. The summed E-state index contributed by atoms with van der Waals surface area (Å²) in [6.45, 7) is 0.280. The first kappa shape index (κ1) is 17.6. The highest BCUT2D eigenvalue weighted by Gasteiger charge is 2.21. The number of carboxylic acid groups (broad SMARTS) is 1. The molecule has 3 rings (SSSR count). The molecule has 8 nitrogen and oxygen atoms in total. The fraction of sp³-hybridized carbons (Fsp3) is 0.125. The van der Waals surface area contributed by atoms with Crippen LogP contribution in [0.15, 0.2) is 36.8 Å². The minimum absolute atomic E-state index is 0.0608. The van der Waals surface area contributed by atoms with E-state index in [-0.39, 0.29) is 22.8 Å². The maximum Gasteiger partial charge on any atom is 0.357 e. The molecule has 1 aromatic carbocycles. The number of nitrogens with one attached hydrogen (secondary N) is 1. The molecule has 0 saturated heterocycles. The van der Waals surface area contributed by atoms with Gasteiger partial charge in [0.25, 0.3) is 5.91 Å². The molecule has 0 radical (unpaired) electrons. The van der Waals surface area contributed by atoms with Crippen LogP contribution in [-0.2, 0) is 13.6 Å². The fourth-order valence-corrected chi connectivity index (χ4v) is 2.58. The van der Waals surface area contributed by atoms with E-state index in [4.69, 9.17) is 16.7 Å². The molecule has 2 aromatic heterocycles. The lowest BCUT2D eigenvalue weighted by atomic mass is 10.2. The largest absolute Gasteiger partial charge is 0.476 e. The third-order valence-electron chi connectivity index (χ3n) is 3.51. The number of hydrogen-bond donors (Lipinski definition) is 2. The standard InChI is InChI=1S/C16H13ClFN5O3/c1-22-8-12(14(21-22)16(25)26)15(24)20-11-5-19-23(7-11)6-9-2-3-10(18)4-13(9)17/h2-5,7-8H,6H2,1H3,(H,20,24)(H,25,26). The van der Waals surface area contributed by atoms with Crippen molar-refractivity contribution in [3.63, 3.8) is 0 Å². The van der Waals surface area contributed by atoms with E-state index in [1.54, 1.807) is 12.3 Å². The molecular weight excluding hydrogens is 365 g/mol. The van der Waals surface area contributed by atoms with Gasteiger partial charge in [0.05, 0.1) is 24.0 Å². The van der Waals surface area contributed by atoms with Crippen molar-refractivity contribution >= 4 is 29.2 Å². The number of aromatic carboxylic acids is 1. The first-order valence-corrected chi connectivity index (χ1v) is 7.76. The summed E-state index contributed by atoms with van der Waals surface area (Å²) in [4.78, 5) is 23.4. The topological polar surface area (TPSA) is 102 Å². The fourth-order valence-electron chi connectivity index (χ4n) is 2.35. The average Bonchev–Trinajstić information content (AvgIpc) is 3.16. The van der Waals surface area contributed by atoms with Crippen molar-refractivity contribution in [1.82, 2.24) is 19.6 Å². The molecule has 3 aromatic rings. The molecular formula is C16H13ClFN5O3. The van der Waals surface area contributed by atoms with Crippen LogP contribution in [0.5, 0.6) is 0 Å². The third-order valence-corrected chi connectivity index (χ3v) is 3.87. The van der Waals surface area contributed by atoms with Gasteiger partial charge in [-0.1, -0.05) is 17.7 Å². The Balaban J connectivity index is 1.74. The molecule has 0 saturated carbocycles. The summed E-state index contributed by atoms with van der Waals surface area (Å²) in [7, 11) is 1.52. The SMILES string of the molecule is Cn1cc(C(=O)Nc2cnn(Cc3ccc(F)cc3Cl)c2)c(C(=O)O)n1. The van der Waals surface area contributed by atoms with Crippen molar-refractivity contribution in [3.05, 3.63) is 64.5 Å². The second kappa shape index (κ2) is 6.96. The van der Waals surface area contributed by atoms with Crippen LogP contribution >= 0.6 is 11.6 Å². The predicted octanol–water partition coefficient (Wildman–Crippen LogP) is 2.41. The maximum absolute atomic E-state index is 13.1. The molecule has 0 unspecified atom stereocenters. The number of amides is 1. The lowest BCUT2D eigenvalue weighted by Gasteiger charge is -2.04. The molecule has 0 atom stereocenters. The zero-order chi connectivity index (χ0) is 18.8. The molecule has 2 heterocycles. The van der Waals surface area contributed by atoms with E-state index >= 15 is 0 Å². The summed E-state index contributed by atoms with van der Waals surface area (Å²) < 4.78 is 15.8. The third kappa shape index (κ3) is 3.72. The smallest absolute Gasteiger partial charge is 0.357 e. The van der Waals surface area contributed by atoms with Crippen molar-refractivity contribution in [2.24, 2.45) is 7.05 Å². The highest BCUT2D eigenvalue weighted by atomic mass is 35.5. The number of halogens is 2. The zero-order valence-electron chi connectivity index (χ0n) is 13.5. The van der Waals surface area contributed by atoms with E-state index in [0.717, 1.165) is 0 Å². The number of anilines is 1. The number of aromatic nitrogens is 4. The normalized spacial score (nSPS) is 10.7. The number of carbonyl (C=O) groups is 2. The van der Waals surface area contributed by atoms with Crippen LogP contribution in [0, 0.1) is 5.82 Å². The Hall–Kier alpha value is -3.20. The van der Waals surface area contributed by atoms with Crippen LogP contribution in [0.1, 0.15) is 26.4 Å². The van der Waals surface area contributed by atoms with Crippen molar-refractivity contribution in [1.29, 1.82) is 0 Å². The molecule has 26 heavy (non-hydrogen) atoms. The number of carbonyl (C=O) groups excluding carboxylic acids is 1. The molecule has 0 spiro atoms. The van der Waals surface area contributed by atoms with Gasteiger partial charge in [0, 0.05) is 24.5 Å². The Morgan fingerprint density at radius 1 is 1.35 bits per heavy atom. The van der Waals surface area contributed by atoms with Crippen LogP contribution in [0.2, 0.25) is 5.02 Å². The molecule has 0 aliphatic carbocycles. The van der Waals surface area contributed by atoms with Gasteiger partial charge in [0.2, 0.25) is 0 Å². The minimum Gasteiger partial charge on any atom is -0.476 e. The maximum atomic E-state index is 13.1. The van der Waals surface area contributed by atoms with Crippen LogP contribution in [0.3, 0.4) is 0 Å². The highest BCUT2D eigenvalue weighted by Crippen LogP contribution is 2.19. The molecule has 2 N–H and O–H groups in total. The van der Waals surface area contributed by atoms with E-state index in [9.17, 15) is 14.0 Å². The Kier molecular flexibility index (Phi) is 4.72. The van der Waals surface area contributed by atoms with Crippen LogP contribution in [-0.4, -0.2) is 36.5 Å². The van der Waals surface area contributed by atoms with Gasteiger partial charge in [-0.25, -0.2) is 9.18 Å². The molecule has 0 bridgehead atoms. The molecule has 0 fully saturated rings. The summed E-state index contributed by atoms with van der Waals surface area (Å²) in [5, 5.41) is 19.8. The van der Waals surface area contributed by atoms with Gasteiger partial charge in [0.15, 0.2) is 5.69 Å². The average molecular weight is 378 g/mol. The van der Waals surface area contributed by atoms with E-state index in [2.05, 4.69) is 15.5 Å². The summed E-state index contributed by atoms with van der Waals surface area (Å²) in [6.07, 6.45) is 4.28. The van der Waals surface area contributed by atoms with Gasteiger partial charge in [-0.15, -0.1) is 0 Å². The first-order valence-electron chi connectivity index (χ1n) is 7.38. The summed E-state index contributed by atoms with van der Waals surface area (Å²) in [5.41, 5.74) is 0.632. The van der Waals surface area contributed by atoms with E-state index in [0.29, 0.717) is 11.3 Å². The van der Waals surface area contributed by atoms with Crippen LogP contribution in [0.25, 0.3) is 0 Å². The number of nitrogens with zero attached hydrogens (tertiary/aromatic N) is 4. The van der Waals surface area contributed by atoms with Crippen LogP contribution < -0.4 is 5.32 Å². The van der Waals surface area contributed by atoms with E-state index < -0.39 is 17.7 Å². The second-order valence-corrected chi connectivity index (χ2v) is 5.89. The van der Waals surface area contributed by atoms with Gasteiger partial charge in [-0.05, 0) is 17.7 Å². The van der Waals surface area contributed by atoms with Crippen LogP contribution in [0.4, 0.5) is 10.1 Å². The number of rotatable bonds is 5. The van der Waals surface area contributed by atoms with Gasteiger partial charge in [-0.2, -0.15) is 10.2 Å². The van der Waals surface area contributed by atoms with Gasteiger partial charge in [-0.3, -0.25) is 14.2 Å². The molecule has 0 aliphatic rings. The predicted molar refractivity (Wildman–Crippen MR) is 90.9 cm³/mol. The molecule has 10 heteroatoms. The zero-order valence-corrected chi connectivity index (χ0v) is 14.2. The Morgan fingerprint density at radius 3 is 2.81 bits per heavy atom. The van der Waals surface area contributed by atoms with Gasteiger partial charge < -0.3 is 10.4 Å². The number of hydrogen-bond acceptors (Lipinski definition) is 4. The Morgan fingerprint density at radius 2 is 2.12 bits per heavy atom. The summed E-state index contributed by atoms with van der Waals surface area (Å²) in [5.74, 6) is -2.34. The number of carboxylic acids is 1. The lowest BCUT2D eigenvalue weighted by molar-refractivity contribution is 0.0685. The number of benzene rings is 1. The van der Waals surface area contributed by atoms with Crippen molar-refractivity contribution in [2.75, 3.05) is 5.32 Å². The van der Waals surface area contributed by atoms with Gasteiger partial charge in [0.1, 0.15) is 5.82 Å². The van der Waals surface area contributed by atoms with Crippen molar-refractivity contribution < 1.29 is 19.1 Å². The minimum atomic E-state index is -1.29. The van der Waals surface area contributed by atoms with Crippen molar-refractivity contribution in [2.45, 2.75) is 6.54 Å².